The Labute approximate surface area is 165 Å². The third-order valence-corrected chi connectivity index (χ3v) is 5.55. The van der Waals surface area contributed by atoms with Gasteiger partial charge in [-0.1, -0.05) is 0 Å². The Hall–Kier alpha value is -2.43. The Morgan fingerprint density at radius 2 is 2.18 bits per heavy atom. The van der Waals surface area contributed by atoms with E-state index in [1.54, 1.807) is 19.6 Å². The number of methoxy groups -OCH3 is 1. The van der Waals surface area contributed by atoms with E-state index in [0.717, 1.165) is 54.5 Å². The van der Waals surface area contributed by atoms with Gasteiger partial charge in [0.25, 0.3) is 0 Å². The number of nitrogens with zero attached hydrogens (tertiary/aromatic N) is 5. The lowest BCUT2D eigenvalue weighted by Gasteiger charge is -2.23. The van der Waals surface area contributed by atoms with Crippen molar-refractivity contribution in [2.45, 2.75) is 19.3 Å². The molecule has 0 aromatic carbocycles. The highest BCUT2D eigenvalue weighted by Crippen LogP contribution is 2.31. The molecule has 1 aliphatic heterocycles. The van der Waals surface area contributed by atoms with Crippen LogP contribution in [0.15, 0.2) is 24.7 Å². The first-order valence-electron chi connectivity index (χ1n) is 9.19. The van der Waals surface area contributed by atoms with Crippen LogP contribution < -0.4 is 14.4 Å². The van der Waals surface area contributed by atoms with Gasteiger partial charge in [-0.3, -0.25) is 4.55 Å². The predicted molar refractivity (Wildman–Crippen MR) is 108 cm³/mol. The SMILES string of the molecule is COc1ccc2c(ncc3ncnc(N4CCCC(CNS(=O)O)CC4)c32)n1. The first-order chi connectivity index (χ1) is 13.7. The first-order valence-corrected chi connectivity index (χ1v) is 10.3. The van der Waals surface area contributed by atoms with Crippen molar-refractivity contribution in [2.24, 2.45) is 5.92 Å². The van der Waals surface area contributed by atoms with Crippen LogP contribution in [0.5, 0.6) is 5.88 Å². The van der Waals surface area contributed by atoms with Gasteiger partial charge in [0, 0.05) is 31.1 Å². The maximum atomic E-state index is 10.9. The number of ether oxygens (including phenoxy) is 1. The summed E-state index contributed by atoms with van der Waals surface area (Å²) in [5.74, 6) is 1.76. The van der Waals surface area contributed by atoms with Crippen molar-refractivity contribution in [2.75, 3.05) is 31.6 Å². The Kier molecular flexibility index (Phi) is 5.60. The quantitative estimate of drug-likeness (QED) is 0.491. The van der Waals surface area contributed by atoms with Gasteiger partial charge in [0.05, 0.1) is 24.2 Å². The van der Waals surface area contributed by atoms with E-state index < -0.39 is 11.3 Å². The van der Waals surface area contributed by atoms with Crippen molar-refractivity contribution >= 4 is 39.0 Å². The average Bonchev–Trinajstić information content (AvgIpc) is 2.96. The summed E-state index contributed by atoms with van der Waals surface area (Å²) >= 11 is -1.96. The molecule has 3 aromatic rings. The van der Waals surface area contributed by atoms with Crippen molar-refractivity contribution in [3.05, 3.63) is 24.7 Å². The molecule has 0 saturated carbocycles. The number of hydrogen-bond donors (Lipinski definition) is 2. The number of rotatable bonds is 5. The average molecular weight is 402 g/mol. The van der Waals surface area contributed by atoms with E-state index in [4.69, 9.17) is 9.29 Å². The van der Waals surface area contributed by atoms with Gasteiger partial charge in [0.15, 0.2) is 5.65 Å². The molecule has 2 N–H and O–H groups in total. The van der Waals surface area contributed by atoms with Gasteiger partial charge in [-0.2, -0.15) is 4.98 Å². The topological polar surface area (TPSA) is 113 Å². The largest absolute Gasteiger partial charge is 0.481 e. The number of pyridine rings is 2. The van der Waals surface area contributed by atoms with Crippen molar-refractivity contribution in [1.82, 2.24) is 24.7 Å². The van der Waals surface area contributed by atoms with Crippen molar-refractivity contribution in [3.8, 4) is 5.88 Å². The molecular weight excluding hydrogens is 380 g/mol. The van der Waals surface area contributed by atoms with Crippen LogP contribution >= 0.6 is 0 Å². The van der Waals surface area contributed by atoms with E-state index in [-0.39, 0.29) is 0 Å². The summed E-state index contributed by atoms with van der Waals surface area (Å²) in [4.78, 5) is 20.1. The van der Waals surface area contributed by atoms with Crippen LogP contribution in [-0.2, 0) is 11.3 Å². The van der Waals surface area contributed by atoms with Crippen molar-refractivity contribution < 1.29 is 13.5 Å². The molecule has 28 heavy (non-hydrogen) atoms. The van der Waals surface area contributed by atoms with E-state index in [9.17, 15) is 4.21 Å². The molecule has 0 amide bonds. The van der Waals surface area contributed by atoms with Crippen LogP contribution in [0.4, 0.5) is 5.82 Å². The number of nitrogens with one attached hydrogen (secondary N) is 1. The number of anilines is 1. The Morgan fingerprint density at radius 3 is 3.00 bits per heavy atom. The van der Waals surface area contributed by atoms with E-state index in [1.807, 2.05) is 12.1 Å². The van der Waals surface area contributed by atoms with E-state index in [2.05, 4.69) is 29.6 Å². The highest BCUT2D eigenvalue weighted by molar-refractivity contribution is 7.77. The number of aromatic nitrogens is 4. The van der Waals surface area contributed by atoms with Gasteiger partial charge < -0.3 is 9.64 Å². The molecule has 0 spiro atoms. The summed E-state index contributed by atoms with van der Waals surface area (Å²) in [5, 5.41) is 1.84. The van der Waals surface area contributed by atoms with Crippen LogP contribution in [0.2, 0.25) is 0 Å². The molecule has 4 rings (SSSR count). The van der Waals surface area contributed by atoms with Crippen LogP contribution in [0.1, 0.15) is 19.3 Å². The lowest BCUT2D eigenvalue weighted by atomic mass is 10.0. The van der Waals surface area contributed by atoms with Crippen LogP contribution in [0.25, 0.3) is 21.9 Å². The van der Waals surface area contributed by atoms with Crippen LogP contribution in [-0.4, -0.2) is 55.4 Å². The maximum absolute atomic E-state index is 10.9. The second kappa shape index (κ2) is 8.29. The van der Waals surface area contributed by atoms with E-state index >= 15 is 0 Å². The summed E-state index contributed by atoms with van der Waals surface area (Å²) in [6.07, 6.45) is 6.21. The smallest absolute Gasteiger partial charge is 0.231 e. The monoisotopic (exact) mass is 402 g/mol. The van der Waals surface area contributed by atoms with Crippen LogP contribution in [0.3, 0.4) is 0 Å². The minimum Gasteiger partial charge on any atom is -0.481 e. The standard InChI is InChI=1S/C18H22N6O3S/c1-27-15-5-4-13-16-14(10-19-17(13)23-15)20-11-21-18(16)24-7-2-3-12(6-8-24)9-22-28(25)26/h4-5,10-12,22H,2-3,6-9H2,1H3,(H,25,26). The second-order valence-electron chi connectivity index (χ2n) is 6.82. The molecule has 1 fully saturated rings. The fourth-order valence-electron chi connectivity index (χ4n) is 3.72. The Bertz CT molecular complexity index is 1020. The molecule has 148 valence electrons. The zero-order valence-corrected chi connectivity index (χ0v) is 16.4. The van der Waals surface area contributed by atoms with Gasteiger partial charge >= 0.3 is 0 Å². The highest BCUT2D eigenvalue weighted by atomic mass is 32.2. The summed E-state index contributed by atoms with van der Waals surface area (Å²) < 4.78 is 27.7. The molecule has 9 nitrogen and oxygen atoms in total. The van der Waals surface area contributed by atoms with Crippen LogP contribution in [0, 0.1) is 5.92 Å². The zero-order valence-electron chi connectivity index (χ0n) is 15.5. The second-order valence-corrected chi connectivity index (χ2v) is 7.61. The first kappa shape index (κ1) is 18.9. The van der Waals surface area contributed by atoms with Gasteiger partial charge in [-0.05, 0) is 31.2 Å². The third kappa shape index (κ3) is 3.89. The Morgan fingerprint density at radius 1 is 1.29 bits per heavy atom. The lowest BCUT2D eigenvalue weighted by Crippen LogP contribution is -2.27. The Balaban J connectivity index is 1.68. The zero-order chi connectivity index (χ0) is 19.5. The molecule has 1 saturated heterocycles. The summed E-state index contributed by atoms with van der Waals surface area (Å²) in [5.41, 5.74) is 1.38. The molecule has 0 radical (unpaired) electrons. The maximum Gasteiger partial charge on any atom is 0.231 e. The van der Waals surface area contributed by atoms with Crippen molar-refractivity contribution in [3.63, 3.8) is 0 Å². The molecule has 1 aliphatic rings. The van der Waals surface area contributed by atoms with Gasteiger partial charge in [-0.15, -0.1) is 0 Å². The predicted octanol–water partition coefficient (Wildman–Crippen LogP) is 1.91. The minimum atomic E-state index is -1.96. The molecule has 0 bridgehead atoms. The van der Waals surface area contributed by atoms with Gasteiger partial charge in [0.1, 0.15) is 12.1 Å². The summed E-state index contributed by atoms with van der Waals surface area (Å²) in [6.45, 7) is 2.24. The third-order valence-electron chi connectivity index (χ3n) is 5.14. The molecule has 2 unspecified atom stereocenters. The summed E-state index contributed by atoms with van der Waals surface area (Å²) in [6, 6.07) is 3.77. The molecular formula is C18H22N6O3S. The molecule has 10 heteroatoms. The fraction of sp³-hybridized carbons (Fsp3) is 0.444. The van der Waals surface area contributed by atoms with Crippen molar-refractivity contribution in [1.29, 1.82) is 0 Å². The molecule has 3 aromatic heterocycles. The van der Waals surface area contributed by atoms with Gasteiger partial charge in [0.2, 0.25) is 17.1 Å². The number of fused-ring (bicyclic) bond motifs is 3. The normalized spacial score (nSPS) is 18.9. The van der Waals surface area contributed by atoms with Gasteiger partial charge in [-0.25, -0.2) is 23.9 Å². The summed E-state index contributed by atoms with van der Waals surface area (Å²) in [7, 11) is 1.58. The number of hydrogen-bond acceptors (Lipinski definition) is 7. The van der Waals surface area contributed by atoms with E-state index in [1.165, 1.54) is 0 Å². The minimum absolute atomic E-state index is 0.360. The highest BCUT2D eigenvalue weighted by Gasteiger charge is 2.21. The lowest BCUT2D eigenvalue weighted by molar-refractivity contribution is 0.399. The fourth-order valence-corrected chi connectivity index (χ4v) is 4.09. The molecule has 0 aliphatic carbocycles. The molecule has 4 heterocycles. The molecule has 2 atom stereocenters. The van der Waals surface area contributed by atoms with E-state index in [0.29, 0.717) is 24.0 Å².